The number of esters is 1. The number of likely N-dealkylation sites (tertiary alicyclic amines) is 1. The van der Waals surface area contributed by atoms with Gasteiger partial charge in [0.05, 0.1) is 11.8 Å². The normalized spacial score (nSPS) is 26.3. The number of carbonyl (C=O) groups excluding carboxylic acids is 4. The maximum absolute atomic E-state index is 12.6. The molecule has 7 nitrogen and oxygen atoms in total. The van der Waals surface area contributed by atoms with Crippen LogP contribution in [0.25, 0.3) is 0 Å². The lowest BCUT2D eigenvalue weighted by Crippen LogP contribution is -2.38. The molecule has 4 atom stereocenters. The van der Waals surface area contributed by atoms with Gasteiger partial charge in [0, 0.05) is 5.69 Å². The van der Waals surface area contributed by atoms with Crippen molar-refractivity contribution in [2.45, 2.75) is 33.1 Å². The van der Waals surface area contributed by atoms with Crippen molar-refractivity contribution in [1.29, 1.82) is 0 Å². The van der Waals surface area contributed by atoms with Crippen LogP contribution >= 0.6 is 0 Å². The van der Waals surface area contributed by atoms with Crippen LogP contribution in [0.5, 0.6) is 0 Å². The van der Waals surface area contributed by atoms with Gasteiger partial charge in [-0.25, -0.2) is 0 Å². The third-order valence-corrected chi connectivity index (χ3v) is 6.48. The Morgan fingerprint density at radius 3 is 2.13 bits per heavy atom. The average Bonchev–Trinajstić information content (AvgIpc) is 3.42. The van der Waals surface area contributed by atoms with Crippen LogP contribution in [-0.4, -0.2) is 41.7 Å². The Morgan fingerprint density at radius 1 is 1.03 bits per heavy atom. The summed E-state index contributed by atoms with van der Waals surface area (Å²) < 4.78 is 5.06. The van der Waals surface area contributed by atoms with E-state index in [0.717, 1.165) is 41.0 Å². The lowest BCUT2D eigenvalue weighted by Gasteiger charge is -2.17. The smallest absolute Gasteiger partial charge is 0.326 e. The van der Waals surface area contributed by atoms with Crippen LogP contribution in [0.15, 0.2) is 30.4 Å². The van der Waals surface area contributed by atoms with E-state index in [4.69, 9.17) is 4.74 Å². The SMILES string of the molecule is CCc1cccc(CC)c1NC(=O)COC(=O)CN1C(=O)[C@@H]2[C@@H](C1=O)[C@H]1C=C[C@@H]2C1. The summed E-state index contributed by atoms with van der Waals surface area (Å²) in [7, 11) is 0. The second-order valence-corrected chi connectivity index (χ2v) is 8.13. The van der Waals surface area contributed by atoms with E-state index in [-0.39, 0.29) is 35.5 Å². The molecule has 0 spiro atoms. The Bertz CT molecular complexity index is 885. The van der Waals surface area contributed by atoms with Gasteiger partial charge in [-0.05, 0) is 42.2 Å². The zero-order chi connectivity index (χ0) is 21.4. The fourth-order valence-corrected chi connectivity index (χ4v) is 5.02. The number of rotatable bonds is 7. The first-order valence-electron chi connectivity index (χ1n) is 10.5. The molecular weight excluding hydrogens is 384 g/mol. The first-order chi connectivity index (χ1) is 14.4. The van der Waals surface area contributed by atoms with Crippen LogP contribution in [0.4, 0.5) is 5.69 Å². The highest BCUT2D eigenvalue weighted by Gasteiger charge is 2.59. The van der Waals surface area contributed by atoms with Gasteiger partial charge in [0.1, 0.15) is 6.54 Å². The number of nitrogens with zero attached hydrogens (tertiary/aromatic N) is 1. The number of ether oxygens (including phenoxy) is 1. The number of carbonyl (C=O) groups is 4. The largest absolute Gasteiger partial charge is 0.454 e. The van der Waals surface area contributed by atoms with Crippen molar-refractivity contribution in [3.8, 4) is 0 Å². The highest BCUT2D eigenvalue weighted by molar-refractivity contribution is 6.08. The molecule has 3 amide bonds. The van der Waals surface area contributed by atoms with E-state index < -0.39 is 25.0 Å². The molecule has 30 heavy (non-hydrogen) atoms. The monoisotopic (exact) mass is 410 g/mol. The lowest BCUT2D eigenvalue weighted by atomic mass is 9.85. The second-order valence-electron chi connectivity index (χ2n) is 8.13. The molecule has 0 radical (unpaired) electrons. The molecule has 1 saturated heterocycles. The fourth-order valence-electron chi connectivity index (χ4n) is 5.02. The molecule has 1 saturated carbocycles. The summed E-state index contributed by atoms with van der Waals surface area (Å²) in [6, 6.07) is 5.85. The third-order valence-electron chi connectivity index (χ3n) is 6.48. The predicted octanol–water partition coefficient (Wildman–Crippen LogP) is 2.10. The molecule has 4 rings (SSSR count). The zero-order valence-electron chi connectivity index (χ0n) is 17.2. The average molecular weight is 410 g/mol. The summed E-state index contributed by atoms with van der Waals surface area (Å²) in [4.78, 5) is 50.8. The number of aryl methyl sites for hydroxylation is 2. The maximum Gasteiger partial charge on any atom is 0.326 e. The Morgan fingerprint density at radius 2 is 1.60 bits per heavy atom. The molecule has 0 unspecified atom stereocenters. The number of benzene rings is 1. The Kier molecular flexibility index (Phi) is 5.45. The minimum atomic E-state index is -0.758. The molecular formula is C23H26N2O5. The first-order valence-corrected chi connectivity index (χ1v) is 10.5. The number of anilines is 1. The number of allylic oxidation sites excluding steroid dienone is 2. The van der Waals surface area contributed by atoms with Gasteiger partial charge in [-0.1, -0.05) is 44.2 Å². The van der Waals surface area contributed by atoms with Crippen LogP contribution < -0.4 is 5.32 Å². The Balaban J connectivity index is 1.32. The number of fused-ring (bicyclic) bond motifs is 5. The van der Waals surface area contributed by atoms with Crippen molar-refractivity contribution in [3.05, 3.63) is 41.5 Å². The van der Waals surface area contributed by atoms with Gasteiger partial charge in [0.25, 0.3) is 5.91 Å². The van der Waals surface area contributed by atoms with Crippen molar-refractivity contribution >= 4 is 29.4 Å². The van der Waals surface area contributed by atoms with E-state index in [9.17, 15) is 19.2 Å². The topological polar surface area (TPSA) is 92.8 Å². The van der Waals surface area contributed by atoms with Gasteiger partial charge >= 0.3 is 5.97 Å². The molecule has 1 aromatic carbocycles. The molecule has 7 heteroatoms. The molecule has 0 aromatic heterocycles. The quantitative estimate of drug-likeness (QED) is 0.422. The Hall–Kier alpha value is -2.96. The summed E-state index contributed by atoms with van der Waals surface area (Å²) >= 11 is 0. The molecule has 158 valence electrons. The number of para-hydroxylation sites is 1. The van der Waals surface area contributed by atoms with Crippen molar-refractivity contribution in [1.82, 2.24) is 4.90 Å². The molecule has 2 aliphatic carbocycles. The minimum Gasteiger partial charge on any atom is -0.454 e. The minimum absolute atomic E-state index is 0.0923. The van der Waals surface area contributed by atoms with Gasteiger partial charge in [-0.3, -0.25) is 24.1 Å². The molecule has 1 N–H and O–H groups in total. The molecule has 1 aromatic rings. The van der Waals surface area contributed by atoms with E-state index in [1.54, 1.807) is 0 Å². The highest BCUT2D eigenvalue weighted by atomic mass is 16.5. The molecule has 2 bridgehead atoms. The van der Waals surface area contributed by atoms with Gasteiger partial charge in [-0.15, -0.1) is 0 Å². The second kappa shape index (κ2) is 8.05. The van der Waals surface area contributed by atoms with Crippen molar-refractivity contribution in [3.63, 3.8) is 0 Å². The molecule has 2 fully saturated rings. The van der Waals surface area contributed by atoms with Crippen LogP contribution in [0, 0.1) is 23.7 Å². The zero-order valence-corrected chi connectivity index (χ0v) is 17.2. The van der Waals surface area contributed by atoms with Crippen molar-refractivity contribution in [2.75, 3.05) is 18.5 Å². The van der Waals surface area contributed by atoms with E-state index in [0.29, 0.717) is 0 Å². The van der Waals surface area contributed by atoms with Crippen LogP contribution in [0.3, 0.4) is 0 Å². The summed E-state index contributed by atoms with van der Waals surface area (Å²) in [6.07, 6.45) is 6.37. The maximum atomic E-state index is 12.6. The Labute approximate surface area is 175 Å². The van der Waals surface area contributed by atoms with Crippen molar-refractivity contribution in [2.24, 2.45) is 23.7 Å². The summed E-state index contributed by atoms with van der Waals surface area (Å²) in [6.45, 7) is 3.11. The number of hydrogen-bond acceptors (Lipinski definition) is 5. The predicted molar refractivity (Wildman–Crippen MR) is 109 cm³/mol. The van der Waals surface area contributed by atoms with Gasteiger partial charge in [0.2, 0.25) is 11.8 Å². The van der Waals surface area contributed by atoms with Crippen LogP contribution in [0.2, 0.25) is 0 Å². The number of amides is 3. The van der Waals surface area contributed by atoms with Gasteiger partial charge in [-0.2, -0.15) is 0 Å². The van der Waals surface area contributed by atoms with E-state index in [2.05, 4.69) is 5.32 Å². The number of imide groups is 1. The highest BCUT2D eigenvalue weighted by Crippen LogP contribution is 2.52. The summed E-state index contributed by atoms with van der Waals surface area (Å²) in [5.41, 5.74) is 2.78. The van der Waals surface area contributed by atoms with Crippen LogP contribution in [0.1, 0.15) is 31.4 Å². The summed E-state index contributed by atoms with van der Waals surface area (Å²) in [5.74, 6) is -2.31. The van der Waals surface area contributed by atoms with Crippen LogP contribution in [-0.2, 0) is 36.8 Å². The fraction of sp³-hybridized carbons (Fsp3) is 0.478. The van der Waals surface area contributed by atoms with E-state index in [1.165, 1.54) is 0 Å². The molecule has 1 heterocycles. The van der Waals surface area contributed by atoms with Gasteiger partial charge in [0.15, 0.2) is 6.61 Å². The summed E-state index contributed by atoms with van der Waals surface area (Å²) in [5, 5.41) is 2.83. The first kappa shape index (κ1) is 20.3. The van der Waals surface area contributed by atoms with E-state index >= 15 is 0 Å². The molecule has 3 aliphatic rings. The number of nitrogens with one attached hydrogen (secondary N) is 1. The molecule has 1 aliphatic heterocycles. The van der Waals surface area contributed by atoms with Gasteiger partial charge < -0.3 is 10.1 Å². The standard InChI is InChI=1S/C23H26N2O5/c1-3-13-6-5-7-14(4-2)21(13)24-17(26)12-30-18(27)11-25-22(28)19-15-8-9-16(10-15)20(19)23(25)29/h5-9,15-16,19-20H,3-4,10-12H2,1-2H3,(H,24,26)/t15-,16+,19-,20-/m0/s1. The lowest BCUT2D eigenvalue weighted by molar-refractivity contribution is -0.154. The van der Waals surface area contributed by atoms with Crippen molar-refractivity contribution < 1.29 is 23.9 Å². The third kappa shape index (κ3) is 3.42. The number of hydrogen-bond donors (Lipinski definition) is 1. The van der Waals surface area contributed by atoms with E-state index in [1.807, 2.05) is 44.2 Å².